The van der Waals surface area contributed by atoms with Crippen LogP contribution in [-0.4, -0.2) is 51.2 Å². The van der Waals surface area contributed by atoms with Crippen molar-refractivity contribution in [3.8, 4) is 0 Å². The van der Waals surface area contributed by atoms with Crippen molar-refractivity contribution in [1.29, 1.82) is 0 Å². The van der Waals surface area contributed by atoms with Gasteiger partial charge in [-0.3, -0.25) is 4.79 Å². The van der Waals surface area contributed by atoms with Crippen LogP contribution in [0, 0.1) is 19.3 Å². The molecule has 0 N–H and O–H groups in total. The quantitative estimate of drug-likeness (QED) is 0.290. The summed E-state index contributed by atoms with van der Waals surface area (Å²) >= 11 is 0. The van der Waals surface area contributed by atoms with Gasteiger partial charge in [-0.15, -0.1) is 0 Å². The SMILES string of the molecule is Cc1cc(C)c(C(=O)OCC[Si](C)(C)C)c(/C=C/C[C@@H]2OC(C)(C)OC2COC(=O)C(C)(C)C)c1. The summed E-state index contributed by atoms with van der Waals surface area (Å²) in [4.78, 5) is 25.1. The first-order valence-electron chi connectivity index (χ1n) is 12.5. The number of carbonyl (C=O) groups is 2. The zero-order valence-corrected chi connectivity index (χ0v) is 24.2. The normalized spacial score (nSPS) is 20.3. The Morgan fingerprint density at radius 1 is 1.06 bits per heavy atom. The molecule has 0 aromatic heterocycles. The molecule has 1 aromatic rings. The van der Waals surface area contributed by atoms with Gasteiger partial charge in [0, 0.05) is 8.07 Å². The van der Waals surface area contributed by atoms with Crippen molar-refractivity contribution in [2.45, 2.75) is 98.6 Å². The van der Waals surface area contributed by atoms with E-state index in [1.165, 1.54) is 0 Å². The topological polar surface area (TPSA) is 71.1 Å². The number of hydrogen-bond acceptors (Lipinski definition) is 6. The third-order valence-electron chi connectivity index (χ3n) is 5.74. The molecule has 1 fully saturated rings. The van der Waals surface area contributed by atoms with E-state index in [0.29, 0.717) is 18.6 Å². The molecule has 6 nitrogen and oxygen atoms in total. The molecule has 7 heteroatoms. The molecule has 0 aliphatic carbocycles. The Kier molecular flexibility index (Phi) is 9.53. The van der Waals surface area contributed by atoms with E-state index in [0.717, 1.165) is 22.7 Å². The monoisotopic (exact) mass is 504 g/mol. The fraction of sp³-hybridized carbons (Fsp3) is 0.643. The summed E-state index contributed by atoms with van der Waals surface area (Å²) in [6, 6.07) is 4.93. The van der Waals surface area contributed by atoms with E-state index in [9.17, 15) is 9.59 Å². The van der Waals surface area contributed by atoms with Crippen LogP contribution in [0.3, 0.4) is 0 Å². The molecule has 0 spiro atoms. The van der Waals surface area contributed by atoms with E-state index in [1.54, 1.807) is 0 Å². The number of benzene rings is 1. The predicted molar refractivity (Wildman–Crippen MR) is 142 cm³/mol. The van der Waals surface area contributed by atoms with Gasteiger partial charge >= 0.3 is 11.9 Å². The smallest absolute Gasteiger partial charge is 0.338 e. The molecule has 0 saturated carbocycles. The number of aryl methyl sites for hydroxylation is 2. The predicted octanol–water partition coefficient (Wildman–Crippen LogP) is 6.31. The first-order valence-corrected chi connectivity index (χ1v) is 16.2. The maximum atomic E-state index is 12.9. The Labute approximate surface area is 212 Å². The van der Waals surface area contributed by atoms with Gasteiger partial charge in [0.15, 0.2) is 5.79 Å². The van der Waals surface area contributed by atoms with Crippen LogP contribution >= 0.6 is 0 Å². The fourth-order valence-corrected chi connectivity index (χ4v) is 4.60. The minimum atomic E-state index is -1.29. The highest BCUT2D eigenvalue weighted by Crippen LogP contribution is 2.31. The van der Waals surface area contributed by atoms with E-state index in [2.05, 4.69) is 19.6 Å². The summed E-state index contributed by atoms with van der Waals surface area (Å²) in [6.07, 6.45) is 3.85. The summed E-state index contributed by atoms with van der Waals surface area (Å²) in [5, 5.41) is 0. The van der Waals surface area contributed by atoms with E-state index in [4.69, 9.17) is 18.9 Å². The van der Waals surface area contributed by atoms with Gasteiger partial charge in [-0.1, -0.05) is 49.5 Å². The van der Waals surface area contributed by atoms with Crippen LogP contribution in [0.15, 0.2) is 18.2 Å². The third kappa shape index (κ3) is 9.20. The number of hydrogen-bond donors (Lipinski definition) is 0. The van der Waals surface area contributed by atoms with Crippen LogP contribution < -0.4 is 0 Å². The van der Waals surface area contributed by atoms with Crippen LogP contribution in [0.1, 0.15) is 68.1 Å². The second kappa shape index (κ2) is 11.4. The molecule has 1 aliphatic rings. The molecule has 0 radical (unpaired) electrons. The molecule has 1 aromatic carbocycles. The molecule has 0 bridgehead atoms. The van der Waals surface area contributed by atoms with E-state index >= 15 is 0 Å². The minimum Gasteiger partial charge on any atom is -0.462 e. The zero-order chi connectivity index (χ0) is 26.6. The van der Waals surface area contributed by atoms with Crippen molar-refractivity contribution in [3.05, 3.63) is 40.5 Å². The molecular weight excluding hydrogens is 460 g/mol. The van der Waals surface area contributed by atoms with E-state index in [1.807, 2.05) is 72.8 Å². The molecule has 2 atom stereocenters. The molecule has 1 saturated heterocycles. The standard InChI is InChI=1S/C28H44O6Si/c1-19-16-20(2)24(25(29)31-14-15-35(8,9)10)21(17-19)12-11-13-22-23(34-28(6,7)33-22)18-32-26(30)27(3,4)5/h11-12,16-17,22-23H,13-15,18H2,1-10H3/b12-11+/t22-,23?/m0/s1. The van der Waals surface area contributed by atoms with Crippen molar-refractivity contribution in [2.24, 2.45) is 5.41 Å². The van der Waals surface area contributed by atoms with Crippen LogP contribution in [0.2, 0.25) is 25.7 Å². The van der Waals surface area contributed by atoms with Crippen LogP contribution in [0.4, 0.5) is 0 Å². The van der Waals surface area contributed by atoms with Gasteiger partial charge in [0.25, 0.3) is 0 Å². The minimum absolute atomic E-state index is 0.135. The summed E-state index contributed by atoms with van der Waals surface area (Å²) in [5.74, 6) is -1.32. The molecule has 2 rings (SSSR count). The largest absolute Gasteiger partial charge is 0.462 e. The average molecular weight is 505 g/mol. The van der Waals surface area contributed by atoms with Gasteiger partial charge in [0.1, 0.15) is 12.7 Å². The van der Waals surface area contributed by atoms with Crippen molar-refractivity contribution < 1.29 is 28.5 Å². The molecule has 1 heterocycles. The lowest BCUT2D eigenvalue weighted by Crippen LogP contribution is -2.32. The number of esters is 2. The third-order valence-corrected chi connectivity index (χ3v) is 7.45. The average Bonchev–Trinajstić information content (AvgIpc) is 2.97. The second-order valence-corrected chi connectivity index (χ2v) is 17.8. The molecular formula is C28H44O6Si. The van der Waals surface area contributed by atoms with E-state index < -0.39 is 19.3 Å². The highest BCUT2D eigenvalue weighted by molar-refractivity contribution is 6.76. The molecule has 0 amide bonds. The lowest BCUT2D eigenvalue weighted by Gasteiger charge is -2.20. The number of carbonyl (C=O) groups excluding carboxylic acids is 2. The first kappa shape index (κ1) is 29.3. The number of rotatable bonds is 9. The Bertz CT molecular complexity index is 936. The maximum Gasteiger partial charge on any atom is 0.338 e. The first-order chi connectivity index (χ1) is 16.0. The van der Waals surface area contributed by atoms with Crippen LogP contribution in [0.25, 0.3) is 6.08 Å². The van der Waals surface area contributed by atoms with Gasteiger partial charge < -0.3 is 18.9 Å². The second-order valence-electron chi connectivity index (χ2n) is 12.2. The summed E-state index contributed by atoms with van der Waals surface area (Å²) in [7, 11) is -1.29. The van der Waals surface area contributed by atoms with Crippen LogP contribution in [0.5, 0.6) is 0 Å². The molecule has 35 heavy (non-hydrogen) atoms. The van der Waals surface area contributed by atoms with Crippen molar-refractivity contribution in [3.63, 3.8) is 0 Å². The van der Waals surface area contributed by atoms with Crippen molar-refractivity contribution in [1.82, 2.24) is 0 Å². The Balaban J connectivity index is 2.13. The summed E-state index contributed by atoms with van der Waals surface area (Å²) < 4.78 is 23.2. The fourth-order valence-electron chi connectivity index (χ4n) is 3.89. The number of ether oxygens (including phenoxy) is 4. The van der Waals surface area contributed by atoms with E-state index in [-0.39, 0.29) is 30.8 Å². The highest BCUT2D eigenvalue weighted by atomic mass is 28.3. The van der Waals surface area contributed by atoms with Gasteiger partial charge in [-0.25, -0.2) is 4.79 Å². The summed E-state index contributed by atoms with van der Waals surface area (Å²) in [6.45, 7) is 20.5. The Hall–Kier alpha value is -1.96. The Morgan fingerprint density at radius 2 is 1.69 bits per heavy atom. The van der Waals surface area contributed by atoms with Crippen molar-refractivity contribution in [2.75, 3.05) is 13.2 Å². The van der Waals surface area contributed by atoms with Crippen molar-refractivity contribution >= 4 is 26.1 Å². The molecule has 1 unspecified atom stereocenters. The summed E-state index contributed by atoms with van der Waals surface area (Å²) in [5.41, 5.74) is 2.83. The van der Waals surface area contributed by atoms with Gasteiger partial charge in [0.05, 0.1) is 23.7 Å². The van der Waals surface area contributed by atoms with Crippen LogP contribution in [-0.2, 0) is 23.7 Å². The lowest BCUT2D eigenvalue weighted by molar-refractivity contribution is -0.165. The Morgan fingerprint density at radius 3 is 2.29 bits per heavy atom. The molecule has 196 valence electrons. The lowest BCUT2D eigenvalue weighted by atomic mass is 9.97. The zero-order valence-electron chi connectivity index (χ0n) is 23.2. The maximum absolute atomic E-state index is 12.9. The van der Waals surface area contributed by atoms with Gasteiger partial charge in [-0.2, -0.15) is 0 Å². The highest BCUT2D eigenvalue weighted by Gasteiger charge is 2.41. The molecule has 1 aliphatic heterocycles. The van der Waals surface area contributed by atoms with Gasteiger partial charge in [0.2, 0.25) is 0 Å². The van der Waals surface area contributed by atoms with Gasteiger partial charge in [-0.05, 0) is 72.1 Å².